The van der Waals surface area contributed by atoms with Crippen molar-refractivity contribution in [2.45, 2.75) is 23.8 Å². The summed E-state index contributed by atoms with van der Waals surface area (Å²) in [5.74, 6) is -1.05. The highest BCUT2D eigenvalue weighted by Crippen LogP contribution is 2.42. The van der Waals surface area contributed by atoms with E-state index >= 15 is 8.78 Å². The number of benzene rings is 2. The molecule has 1 fully saturated rings. The van der Waals surface area contributed by atoms with Crippen LogP contribution in [-0.2, 0) is 14.6 Å². The molecule has 33 heavy (non-hydrogen) atoms. The molecule has 0 amide bonds. The van der Waals surface area contributed by atoms with Gasteiger partial charge in [-0.1, -0.05) is 18.2 Å². The van der Waals surface area contributed by atoms with Crippen molar-refractivity contribution in [3.63, 3.8) is 0 Å². The van der Waals surface area contributed by atoms with Crippen LogP contribution >= 0.6 is 15.9 Å². The second-order valence-electron chi connectivity index (χ2n) is 8.38. The fourth-order valence-electron chi connectivity index (χ4n) is 4.79. The van der Waals surface area contributed by atoms with Gasteiger partial charge in [0.15, 0.2) is 9.84 Å². The Morgan fingerprint density at radius 2 is 1.82 bits per heavy atom. The van der Waals surface area contributed by atoms with Gasteiger partial charge in [0.05, 0.1) is 32.9 Å². The van der Waals surface area contributed by atoms with Crippen LogP contribution in [0.25, 0.3) is 21.9 Å². The van der Waals surface area contributed by atoms with Gasteiger partial charge < -0.3 is 9.30 Å². The number of nitrogens with zero attached hydrogens (tertiary/aromatic N) is 2. The first-order valence-corrected chi connectivity index (χ1v) is 13.2. The average Bonchev–Trinajstić information content (AvgIpc) is 3.09. The third-order valence-electron chi connectivity index (χ3n) is 6.28. The maximum absolute atomic E-state index is 15.4. The summed E-state index contributed by atoms with van der Waals surface area (Å²) in [5.41, 5.74) is 1.84. The van der Waals surface area contributed by atoms with Crippen LogP contribution in [0.2, 0.25) is 0 Å². The zero-order chi connectivity index (χ0) is 23.3. The molecular formula is C24H21BrF2N2O3S. The zero-order valence-corrected chi connectivity index (χ0v) is 20.2. The molecule has 0 saturated carbocycles. The summed E-state index contributed by atoms with van der Waals surface area (Å²) in [7, 11) is -3.68. The summed E-state index contributed by atoms with van der Waals surface area (Å²) >= 11 is 3.44. The second-order valence-corrected chi connectivity index (χ2v) is 11.3. The molecule has 2 aromatic heterocycles. The third-order valence-corrected chi connectivity index (χ3v) is 7.80. The van der Waals surface area contributed by atoms with Crippen LogP contribution in [0.1, 0.15) is 24.4 Å². The molecule has 3 heterocycles. The topological polar surface area (TPSA) is 61.2 Å². The summed E-state index contributed by atoms with van der Waals surface area (Å²) in [6.07, 6.45) is 4.00. The number of hydrogen-bond acceptors (Lipinski definition) is 4. The predicted octanol–water partition coefficient (Wildman–Crippen LogP) is 5.65. The Labute approximate surface area is 198 Å². The van der Waals surface area contributed by atoms with Crippen molar-refractivity contribution in [1.82, 2.24) is 9.55 Å². The predicted molar refractivity (Wildman–Crippen MR) is 126 cm³/mol. The van der Waals surface area contributed by atoms with Crippen molar-refractivity contribution in [3.8, 4) is 0 Å². The van der Waals surface area contributed by atoms with E-state index in [9.17, 15) is 8.42 Å². The molecule has 1 aliphatic heterocycles. The van der Waals surface area contributed by atoms with Crippen LogP contribution < -0.4 is 0 Å². The lowest BCUT2D eigenvalue weighted by Gasteiger charge is -2.33. The Morgan fingerprint density at radius 3 is 2.52 bits per heavy atom. The molecule has 1 aliphatic rings. The van der Waals surface area contributed by atoms with Crippen LogP contribution in [0.4, 0.5) is 8.78 Å². The summed E-state index contributed by atoms with van der Waals surface area (Å²) in [4.78, 5) is 4.32. The van der Waals surface area contributed by atoms with E-state index in [-0.39, 0.29) is 22.0 Å². The molecular weight excluding hydrogens is 514 g/mol. The van der Waals surface area contributed by atoms with Crippen molar-refractivity contribution in [2.75, 3.05) is 19.5 Å². The van der Waals surface area contributed by atoms with E-state index in [2.05, 4.69) is 20.9 Å². The summed E-state index contributed by atoms with van der Waals surface area (Å²) in [6.45, 7) is 1.08. The molecule has 1 unspecified atom stereocenters. The quantitative estimate of drug-likeness (QED) is 0.339. The maximum Gasteiger partial charge on any atom is 0.175 e. The Hall–Kier alpha value is -2.36. The number of sulfone groups is 1. The molecule has 1 atom stereocenters. The molecule has 0 radical (unpaired) electrons. The highest BCUT2D eigenvalue weighted by molar-refractivity contribution is 9.10. The Kier molecular flexibility index (Phi) is 5.74. The number of aromatic nitrogens is 2. The van der Waals surface area contributed by atoms with Crippen molar-refractivity contribution < 1.29 is 21.9 Å². The fourth-order valence-corrected chi connectivity index (χ4v) is 5.75. The highest BCUT2D eigenvalue weighted by Gasteiger charge is 2.32. The Bertz CT molecular complexity index is 1480. The minimum atomic E-state index is -3.68. The molecule has 0 spiro atoms. The summed E-state index contributed by atoms with van der Waals surface area (Å²) in [6, 6.07) is 10.4. The van der Waals surface area contributed by atoms with Gasteiger partial charge in [0.25, 0.3) is 0 Å². The first-order valence-electron chi connectivity index (χ1n) is 10.6. The van der Waals surface area contributed by atoms with Crippen molar-refractivity contribution in [1.29, 1.82) is 0 Å². The summed E-state index contributed by atoms with van der Waals surface area (Å²) < 4.78 is 63.3. The van der Waals surface area contributed by atoms with Crippen LogP contribution in [0.3, 0.4) is 0 Å². The molecule has 5 nitrogen and oxygen atoms in total. The molecule has 0 bridgehead atoms. The lowest BCUT2D eigenvalue weighted by Crippen LogP contribution is -2.27. The molecule has 9 heteroatoms. The van der Waals surface area contributed by atoms with Gasteiger partial charge in [-0.15, -0.1) is 0 Å². The van der Waals surface area contributed by atoms with E-state index in [4.69, 9.17) is 4.74 Å². The van der Waals surface area contributed by atoms with Crippen LogP contribution in [-0.4, -0.2) is 37.4 Å². The van der Waals surface area contributed by atoms with Gasteiger partial charge in [-0.3, -0.25) is 4.98 Å². The van der Waals surface area contributed by atoms with Crippen molar-refractivity contribution in [2.24, 2.45) is 5.92 Å². The van der Waals surface area contributed by atoms with Gasteiger partial charge >= 0.3 is 0 Å². The van der Waals surface area contributed by atoms with E-state index in [1.54, 1.807) is 24.4 Å². The van der Waals surface area contributed by atoms with E-state index < -0.39 is 21.7 Å². The molecule has 0 aliphatic carbocycles. The minimum absolute atomic E-state index is 0.00150. The lowest BCUT2D eigenvalue weighted by atomic mass is 9.86. The van der Waals surface area contributed by atoms with Gasteiger partial charge in [0, 0.05) is 35.7 Å². The molecule has 5 rings (SSSR count). The van der Waals surface area contributed by atoms with Crippen LogP contribution in [0.5, 0.6) is 0 Å². The molecule has 172 valence electrons. The largest absolute Gasteiger partial charge is 0.381 e. The van der Waals surface area contributed by atoms with E-state index in [1.165, 1.54) is 12.1 Å². The Morgan fingerprint density at radius 1 is 1.09 bits per heavy atom. The lowest BCUT2D eigenvalue weighted by molar-refractivity contribution is 0.0548. The first kappa shape index (κ1) is 22.4. The smallest absolute Gasteiger partial charge is 0.175 e. The first-order chi connectivity index (χ1) is 15.8. The number of hydrogen-bond donors (Lipinski definition) is 0. The average molecular weight is 535 g/mol. The van der Waals surface area contributed by atoms with Gasteiger partial charge in [-0.2, -0.15) is 0 Å². The van der Waals surface area contributed by atoms with Crippen LogP contribution in [0, 0.1) is 17.6 Å². The highest BCUT2D eigenvalue weighted by atomic mass is 79.9. The number of fused-ring (bicyclic) bond motifs is 3. The van der Waals surface area contributed by atoms with E-state index in [0.717, 1.165) is 12.3 Å². The molecule has 1 saturated heterocycles. The molecule has 4 aromatic rings. The van der Waals surface area contributed by atoms with Gasteiger partial charge in [-0.25, -0.2) is 17.2 Å². The molecule has 2 aromatic carbocycles. The summed E-state index contributed by atoms with van der Waals surface area (Å²) in [5, 5.41) is 0.221. The zero-order valence-electron chi connectivity index (χ0n) is 17.8. The standard InChI is InChI=1S/C24H21BrF2N2O3S/c1-33(30,31)16-11-19(27)22-20(12-16)29(21-10-15(25)13-28-23(21)22)24(14-6-8-32-9-7-14)17-4-2-3-5-18(17)26/h2-5,10-14,24H,6-9H2,1H3. The number of pyridine rings is 1. The monoisotopic (exact) mass is 534 g/mol. The normalized spacial score (nSPS) is 16.5. The van der Waals surface area contributed by atoms with Gasteiger partial charge in [-0.05, 0) is 59.0 Å². The molecule has 0 N–H and O–H groups in total. The SMILES string of the molecule is CS(=O)(=O)c1cc(F)c2c3ncc(Br)cc3n(C(c3ccccc3F)C3CCOCC3)c2c1. The number of rotatable bonds is 4. The minimum Gasteiger partial charge on any atom is -0.381 e. The van der Waals surface area contributed by atoms with E-state index in [0.29, 0.717) is 52.6 Å². The van der Waals surface area contributed by atoms with Crippen molar-refractivity contribution in [3.05, 3.63) is 70.3 Å². The van der Waals surface area contributed by atoms with Crippen molar-refractivity contribution >= 4 is 47.7 Å². The third kappa shape index (κ3) is 3.96. The second kappa shape index (κ2) is 8.45. The van der Waals surface area contributed by atoms with E-state index in [1.807, 2.05) is 10.6 Å². The van der Waals surface area contributed by atoms with Gasteiger partial charge in [0.1, 0.15) is 11.6 Å². The maximum atomic E-state index is 15.4. The van der Waals surface area contributed by atoms with Gasteiger partial charge in [0.2, 0.25) is 0 Å². The number of halogens is 3. The fraction of sp³-hybridized carbons (Fsp3) is 0.292. The number of ether oxygens (including phenoxy) is 1. The Balaban J connectivity index is 1.93. The van der Waals surface area contributed by atoms with Crippen LogP contribution in [0.15, 0.2) is 58.0 Å².